The van der Waals surface area contributed by atoms with Gasteiger partial charge in [0.1, 0.15) is 5.75 Å². The Morgan fingerprint density at radius 2 is 2.23 bits per heavy atom. The van der Waals surface area contributed by atoms with Crippen molar-refractivity contribution in [3.05, 3.63) is 29.3 Å². The van der Waals surface area contributed by atoms with E-state index in [1.807, 2.05) is 25.1 Å². The number of hydrogen-bond acceptors (Lipinski definition) is 2. The van der Waals surface area contributed by atoms with E-state index in [9.17, 15) is 0 Å². The average molecular weight is 200 g/mol. The first-order valence-electron chi connectivity index (χ1n) is 4.15. The molecule has 1 aromatic carbocycles. The summed E-state index contributed by atoms with van der Waals surface area (Å²) < 4.78 is 5.18. The molecule has 1 aromatic rings. The van der Waals surface area contributed by atoms with E-state index in [1.165, 1.54) is 0 Å². The van der Waals surface area contributed by atoms with E-state index in [-0.39, 0.29) is 6.04 Å². The Bertz CT molecular complexity index is 288. The highest BCUT2D eigenvalue weighted by atomic mass is 35.5. The van der Waals surface area contributed by atoms with E-state index >= 15 is 0 Å². The van der Waals surface area contributed by atoms with Crippen molar-refractivity contribution in [2.75, 3.05) is 13.0 Å². The third-order valence-electron chi connectivity index (χ3n) is 1.95. The van der Waals surface area contributed by atoms with Crippen LogP contribution in [0.4, 0.5) is 0 Å². The molecule has 0 aromatic heterocycles. The van der Waals surface area contributed by atoms with E-state index in [0.29, 0.717) is 5.88 Å². The fraction of sp³-hybridized carbons (Fsp3) is 0.400. The Balaban J connectivity index is 3.07. The zero-order valence-electron chi connectivity index (χ0n) is 7.88. The predicted octanol–water partition coefficient (Wildman–Crippen LogP) is 2.24. The van der Waals surface area contributed by atoms with Crippen molar-refractivity contribution in [2.45, 2.75) is 13.0 Å². The molecule has 0 fully saturated rings. The molecule has 1 atom stereocenters. The van der Waals surface area contributed by atoms with Crippen molar-refractivity contribution in [3.63, 3.8) is 0 Å². The molecule has 0 heterocycles. The highest BCUT2D eigenvalue weighted by molar-refractivity contribution is 6.18. The first-order chi connectivity index (χ1) is 6.19. The maximum absolute atomic E-state index is 5.83. The fourth-order valence-corrected chi connectivity index (χ4v) is 1.39. The van der Waals surface area contributed by atoms with Gasteiger partial charge in [-0.2, -0.15) is 0 Å². The van der Waals surface area contributed by atoms with Crippen LogP contribution in [-0.4, -0.2) is 13.0 Å². The number of rotatable bonds is 3. The van der Waals surface area contributed by atoms with Gasteiger partial charge in [-0.3, -0.25) is 0 Å². The summed E-state index contributed by atoms with van der Waals surface area (Å²) in [4.78, 5) is 0. The Morgan fingerprint density at radius 3 is 2.77 bits per heavy atom. The zero-order valence-corrected chi connectivity index (χ0v) is 8.64. The van der Waals surface area contributed by atoms with Crippen LogP contribution in [0.5, 0.6) is 5.75 Å². The molecule has 0 aliphatic rings. The van der Waals surface area contributed by atoms with E-state index in [4.69, 9.17) is 22.1 Å². The maximum Gasteiger partial charge on any atom is 0.123 e. The SMILES string of the molecule is COc1ccc(C)cc1C(N)CCl. The number of methoxy groups -OCH3 is 1. The van der Waals surface area contributed by atoms with Crippen LogP contribution in [0.2, 0.25) is 0 Å². The maximum atomic E-state index is 5.83. The van der Waals surface area contributed by atoms with Gasteiger partial charge in [0.05, 0.1) is 7.11 Å². The van der Waals surface area contributed by atoms with Gasteiger partial charge in [-0.25, -0.2) is 0 Å². The van der Waals surface area contributed by atoms with Crippen molar-refractivity contribution in [1.29, 1.82) is 0 Å². The molecule has 0 bridgehead atoms. The molecule has 0 saturated carbocycles. The van der Waals surface area contributed by atoms with Crippen molar-refractivity contribution in [2.24, 2.45) is 5.73 Å². The second-order valence-corrected chi connectivity index (χ2v) is 3.31. The summed E-state index contributed by atoms with van der Waals surface area (Å²) in [6, 6.07) is 5.75. The van der Waals surface area contributed by atoms with Gasteiger partial charge in [0.25, 0.3) is 0 Å². The van der Waals surface area contributed by atoms with E-state index in [2.05, 4.69) is 0 Å². The summed E-state index contributed by atoms with van der Waals surface area (Å²) in [7, 11) is 1.63. The lowest BCUT2D eigenvalue weighted by Crippen LogP contribution is -2.13. The number of hydrogen-bond donors (Lipinski definition) is 1. The summed E-state index contributed by atoms with van der Waals surface area (Å²) in [6.45, 7) is 2.02. The normalized spacial score (nSPS) is 12.6. The lowest BCUT2D eigenvalue weighted by atomic mass is 10.1. The quantitative estimate of drug-likeness (QED) is 0.758. The summed E-state index contributed by atoms with van der Waals surface area (Å²) in [6.07, 6.45) is 0. The molecule has 13 heavy (non-hydrogen) atoms. The van der Waals surface area contributed by atoms with Gasteiger partial charge < -0.3 is 10.5 Å². The molecular formula is C10H14ClNO. The standard InChI is InChI=1S/C10H14ClNO/c1-7-3-4-10(13-2)8(5-7)9(12)6-11/h3-5,9H,6,12H2,1-2H3. The van der Waals surface area contributed by atoms with Gasteiger partial charge in [-0.1, -0.05) is 17.7 Å². The van der Waals surface area contributed by atoms with Crippen molar-refractivity contribution >= 4 is 11.6 Å². The van der Waals surface area contributed by atoms with Gasteiger partial charge in [0, 0.05) is 17.5 Å². The van der Waals surface area contributed by atoms with Gasteiger partial charge in [-0.05, 0) is 13.0 Å². The van der Waals surface area contributed by atoms with Gasteiger partial charge in [-0.15, -0.1) is 11.6 Å². The van der Waals surface area contributed by atoms with Crippen LogP contribution in [-0.2, 0) is 0 Å². The summed E-state index contributed by atoms with van der Waals surface area (Å²) >= 11 is 5.69. The Kier molecular flexibility index (Phi) is 3.58. The molecule has 2 nitrogen and oxygen atoms in total. The number of halogens is 1. The van der Waals surface area contributed by atoms with Gasteiger partial charge in [0.2, 0.25) is 0 Å². The van der Waals surface area contributed by atoms with Crippen LogP contribution in [0.3, 0.4) is 0 Å². The molecule has 0 amide bonds. The van der Waals surface area contributed by atoms with Crippen LogP contribution >= 0.6 is 11.6 Å². The first-order valence-corrected chi connectivity index (χ1v) is 4.68. The minimum atomic E-state index is -0.156. The Labute approximate surface area is 83.6 Å². The second-order valence-electron chi connectivity index (χ2n) is 3.01. The van der Waals surface area contributed by atoms with E-state index < -0.39 is 0 Å². The molecule has 72 valence electrons. The molecule has 1 unspecified atom stereocenters. The molecule has 0 radical (unpaired) electrons. The highest BCUT2D eigenvalue weighted by Crippen LogP contribution is 2.25. The lowest BCUT2D eigenvalue weighted by molar-refractivity contribution is 0.407. The van der Waals surface area contributed by atoms with E-state index in [1.54, 1.807) is 7.11 Å². The third-order valence-corrected chi connectivity index (χ3v) is 2.28. The number of ether oxygens (including phenoxy) is 1. The van der Waals surface area contributed by atoms with E-state index in [0.717, 1.165) is 16.9 Å². The minimum absolute atomic E-state index is 0.156. The topological polar surface area (TPSA) is 35.2 Å². The molecule has 0 spiro atoms. The lowest BCUT2D eigenvalue weighted by Gasteiger charge is -2.13. The molecule has 3 heteroatoms. The predicted molar refractivity (Wildman–Crippen MR) is 55.4 cm³/mol. The largest absolute Gasteiger partial charge is 0.496 e. The van der Waals surface area contributed by atoms with Crippen LogP contribution < -0.4 is 10.5 Å². The fourth-order valence-electron chi connectivity index (χ4n) is 1.23. The van der Waals surface area contributed by atoms with Gasteiger partial charge in [0.15, 0.2) is 0 Å². The summed E-state index contributed by atoms with van der Waals surface area (Å²) in [5, 5.41) is 0. The Morgan fingerprint density at radius 1 is 1.54 bits per heavy atom. The molecule has 0 aliphatic carbocycles. The summed E-state index contributed by atoms with van der Waals surface area (Å²) in [5.74, 6) is 1.21. The number of benzene rings is 1. The molecule has 1 rings (SSSR count). The van der Waals surface area contributed by atoms with Crippen molar-refractivity contribution in [1.82, 2.24) is 0 Å². The highest BCUT2D eigenvalue weighted by Gasteiger charge is 2.10. The van der Waals surface area contributed by atoms with Crippen LogP contribution in [0.15, 0.2) is 18.2 Å². The average Bonchev–Trinajstić information content (AvgIpc) is 2.16. The monoisotopic (exact) mass is 199 g/mol. The first kappa shape index (κ1) is 10.4. The minimum Gasteiger partial charge on any atom is -0.496 e. The van der Waals surface area contributed by atoms with Gasteiger partial charge >= 0.3 is 0 Å². The van der Waals surface area contributed by atoms with Crippen molar-refractivity contribution < 1.29 is 4.74 Å². The van der Waals surface area contributed by atoms with Crippen LogP contribution in [0.1, 0.15) is 17.2 Å². The molecule has 2 N–H and O–H groups in total. The van der Waals surface area contributed by atoms with Crippen LogP contribution in [0.25, 0.3) is 0 Å². The second kappa shape index (κ2) is 4.49. The smallest absolute Gasteiger partial charge is 0.123 e. The molecular weight excluding hydrogens is 186 g/mol. The summed E-state index contributed by atoms with van der Waals surface area (Å²) in [5.41, 5.74) is 7.96. The third kappa shape index (κ3) is 2.36. The number of alkyl halides is 1. The molecule has 0 aliphatic heterocycles. The van der Waals surface area contributed by atoms with Crippen LogP contribution in [0, 0.1) is 6.92 Å². The molecule has 0 saturated heterocycles. The zero-order chi connectivity index (χ0) is 9.84. The Hall–Kier alpha value is -0.730. The van der Waals surface area contributed by atoms with Crippen molar-refractivity contribution in [3.8, 4) is 5.75 Å². The number of aryl methyl sites for hydroxylation is 1. The number of nitrogens with two attached hydrogens (primary N) is 1.